The van der Waals surface area contributed by atoms with E-state index < -0.39 is 11.2 Å². The Morgan fingerprint density at radius 3 is 1.88 bits per heavy atom. The molecule has 4 saturated carbocycles. The Bertz CT molecular complexity index is 1060. The highest BCUT2D eigenvalue weighted by Crippen LogP contribution is 2.76. The highest BCUT2D eigenvalue weighted by Gasteiger charge is 2.72. The maximum Gasteiger partial charge on any atom is 0.306 e. The van der Waals surface area contributed by atoms with E-state index in [4.69, 9.17) is 4.74 Å². The number of hydrogen-bond acceptors (Lipinski definition) is 5. The Kier molecular flexibility index (Phi) is 13.6. The maximum absolute atomic E-state index is 13.7. The summed E-state index contributed by atoms with van der Waals surface area (Å²) in [5, 5.41) is 33.8. The van der Waals surface area contributed by atoms with E-state index in [-0.39, 0.29) is 51.7 Å². The molecule has 0 spiro atoms. The summed E-state index contributed by atoms with van der Waals surface area (Å²) < 4.78 is 6.70. The third kappa shape index (κ3) is 8.77. The molecule has 0 aromatic rings. The van der Waals surface area contributed by atoms with Crippen LogP contribution in [0.15, 0.2) is 0 Å². The quantitative estimate of drug-likeness (QED) is 0.0985. The highest BCUT2D eigenvalue weighted by molar-refractivity contribution is 5.69. The number of aliphatic hydroxyl groups excluding tert-OH is 1. The average Bonchev–Trinajstić information content (AvgIpc) is 3.39. The molecule has 4 aliphatic rings. The molecular weight excluding hydrogens is 608 g/mol. The first-order chi connectivity index (χ1) is 22.8. The van der Waals surface area contributed by atoms with Crippen molar-refractivity contribution in [3.05, 3.63) is 0 Å². The summed E-state index contributed by atoms with van der Waals surface area (Å²) in [6.07, 6.45) is 23.0. The highest BCUT2D eigenvalue weighted by atomic mass is 16.5. The Balaban J connectivity index is 1.49. The topological polar surface area (TPSA) is 87.0 Å². The van der Waals surface area contributed by atoms with Gasteiger partial charge in [0.05, 0.1) is 17.3 Å². The van der Waals surface area contributed by atoms with Crippen molar-refractivity contribution in [3.63, 3.8) is 0 Å². The lowest BCUT2D eigenvalue weighted by Gasteiger charge is -2.70. The number of unbranched alkanes of at least 4 members (excludes halogenated alkanes) is 10. The number of rotatable bonds is 18. The Hall–Kier alpha value is -0.650. The molecule has 0 aromatic carbocycles. The summed E-state index contributed by atoms with van der Waals surface area (Å²) in [5.41, 5.74) is -1.63. The van der Waals surface area contributed by atoms with Crippen LogP contribution in [0.3, 0.4) is 0 Å². The summed E-state index contributed by atoms with van der Waals surface area (Å²) in [4.78, 5) is 13.7. The Labute approximate surface area is 302 Å². The molecule has 10 atom stereocenters. The predicted molar refractivity (Wildman–Crippen MR) is 202 cm³/mol. The zero-order chi connectivity index (χ0) is 36.3. The van der Waals surface area contributed by atoms with Crippen LogP contribution in [0.5, 0.6) is 0 Å². The van der Waals surface area contributed by atoms with Gasteiger partial charge < -0.3 is 20.1 Å². The molecule has 4 aliphatic carbocycles. The van der Waals surface area contributed by atoms with E-state index in [0.29, 0.717) is 31.1 Å². The Morgan fingerprint density at radius 1 is 0.714 bits per heavy atom. The predicted octanol–water partition coefficient (Wildman–Crippen LogP) is 10.9. The molecule has 0 aliphatic heterocycles. The second-order valence-electron chi connectivity index (χ2n) is 20.1. The standard InChI is InChI=1S/C44H80O5/c1-10-11-12-13-14-15-16-17-18-19-20-22-37(46)49-33-31-35-41(6)28-25-36(45)40(4,5)34(41)24-30-42(35,7)43(8)29-23-32(38(33)43)44(9,48)27-21-26-39(2,3)47/h32-36,38,45,47-48H,10-31H2,1-9H3/t32-,33+,34-,35+,36-,38-,41-,42+,43+,44+/m0/s1. The maximum atomic E-state index is 13.7. The lowest BCUT2D eigenvalue weighted by atomic mass is 9.35. The van der Waals surface area contributed by atoms with Crippen molar-refractivity contribution in [1.82, 2.24) is 0 Å². The largest absolute Gasteiger partial charge is 0.462 e. The van der Waals surface area contributed by atoms with Crippen molar-refractivity contribution < 1.29 is 24.9 Å². The minimum atomic E-state index is -0.879. The van der Waals surface area contributed by atoms with Crippen molar-refractivity contribution in [2.75, 3.05) is 0 Å². The second-order valence-corrected chi connectivity index (χ2v) is 20.1. The zero-order valence-electron chi connectivity index (χ0n) is 33.7. The van der Waals surface area contributed by atoms with E-state index in [0.717, 1.165) is 64.2 Å². The molecule has 0 aromatic heterocycles. The van der Waals surface area contributed by atoms with E-state index in [1.54, 1.807) is 0 Å². The van der Waals surface area contributed by atoms with Gasteiger partial charge in [-0.05, 0) is 131 Å². The van der Waals surface area contributed by atoms with Gasteiger partial charge in [-0.3, -0.25) is 4.79 Å². The van der Waals surface area contributed by atoms with E-state index in [2.05, 4.69) is 41.5 Å². The monoisotopic (exact) mass is 689 g/mol. The molecule has 5 nitrogen and oxygen atoms in total. The van der Waals surface area contributed by atoms with Crippen molar-refractivity contribution >= 4 is 5.97 Å². The number of carbonyl (C=O) groups is 1. The SMILES string of the molecule is CCCCCCCCCCCCCC(=O)O[C@@H]1C[C@@H]2[C@@]3(C)CC[C@H](O)C(C)(C)[C@@H]3CC[C@@]2(C)[C@]2(C)CC[C@H]([C@](C)(O)CCCC(C)(C)O)[C@@H]12. The Morgan fingerprint density at radius 2 is 1.29 bits per heavy atom. The molecule has 0 heterocycles. The van der Waals surface area contributed by atoms with Crippen LogP contribution in [0.4, 0.5) is 0 Å². The molecule has 0 amide bonds. The average molecular weight is 689 g/mol. The fraction of sp³-hybridized carbons (Fsp3) is 0.977. The molecule has 5 heteroatoms. The molecule has 286 valence electrons. The van der Waals surface area contributed by atoms with Gasteiger partial charge >= 0.3 is 5.97 Å². The van der Waals surface area contributed by atoms with E-state index in [9.17, 15) is 20.1 Å². The molecule has 0 unspecified atom stereocenters. The number of esters is 1. The number of aliphatic hydroxyl groups is 3. The van der Waals surface area contributed by atoms with Gasteiger partial charge in [0.2, 0.25) is 0 Å². The molecule has 0 bridgehead atoms. The van der Waals surface area contributed by atoms with E-state index in [1.807, 2.05) is 20.8 Å². The van der Waals surface area contributed by atoms with Gasteiger partial charge in [-0.1, -0.05) is 106 Å². The van der Waals surface area contributed by atoms with Crippen molar-refractivity contribution in [2.24, 2.45) is 45.3 Å². The van der Waals surface area contributed by atoms with Gasteiger partial charge in [-0.15, -0.1) is 0 Å². The first kappa shape index (κ1) is 41.1. The van der Waals surface area contributed by atoms with Gasteiger partial charge in [-0.2, -0.15) is 0 Å². The van der Waals surface area contributed by atoms with Gasteiger partial charge in [-0.25, -0.2) is 0 Å². The fourth-order valence-electron chi connectivity index (χ4n) is 12.8. The summed E-state index contributed by atoms with van der Waals surface area (Å²) in [5.74, 6) is 0.986. The molecular formula is C44H80O5. The number of carbonyl (C=O) groups excluding carboxylic acids is 1. The van der Waals surface area contributed by atoms with Crippen molar-refractivity contribution in [2.45, 2.75) is 227 Å². The van der Waals surface area contributed by atoms with Gasteiger partial charge in [0.25, 0.3) is 0 Å². The van der Waals surface area contributed by atoms with Crippen LogP contribution in [0, 0.1) is 45.3 Å². The fourth-order valence-corrected chi connectivity index (χ4v) is 12.8. The van der Waals surface area contributed by atoms with Crippen LogP contribution >= 0.6 is 0 Å². The van der Waals surface area contributed by atoms with E-state index >= 15 is 0 Å². The van der Waals surface area contributed by atoms with Crippen LogP contribution in [0.1, 0.15) is 204 Å². The summed E-state index contributed by atoms with van der Waals surface area (Å²) in [6, 6.07) is 0. The van der Waals surface area contributed by atoms with Gasteiger partial charge in [0, 0.05) is 12.3 Å². The molecule has 4 rings (SSSR count). The minimum absolute atomic E-state index is 0.0451. The van der Waals surface area contributed by atoms with Crippen LogP contribution in [-0.2, 0) is 9.53 Å². The molecule has 49 heavy (non-hydrogen) atoms. The van der Waals surface area contributed by atoms with Crippen LogP contribution in [-0.4, -0.2) is 44.7 Å². The number of fused-ring (bicyclic) bond motifs is 5. The molecule has 4 fully saturated rings. The lowest BCUT2D eigenvalue weighted by molar-refractivity contribution is -0.251. The van der Waals surface area contributed by atoms with Gasteiger partial charge in [0.15, 0.2) is 0 Å². The number of hydrogen-bond donors (Lipinski definition) is 3. The first-order valence-corrected chi connectivity index (χ1v) is 21.2. The third-order valence-electron chi connectivity index (χ3n) is 15.9. The van der Waals surface area contributed by atoms with Gasteiger partial charge in [0.1, 0.15) is 6.10 Å². The molecule has 0 saturated heterocycles. The summed E-state index contributed by atoms with van der Waals surface area (Å²) in [6.45, 7) is 20.1. The van der Waals surface area contributed by atoms with Crippen LogP contribution < -0.4 is 0 Å². The molecule has 0 radical (unpaired) electrons. The summed E-state index contributed by atoms with van der Waals surface area (Å²) in [7, 11) is 0. The molecule has 3 N–H and O–H groups in total. The van der Waals surface area contributed by atoms with Crippen molar-refractivity contribution in [1.29, 1.82) is 0 Å². The van der Waals surface area contributed by atoms with Crippen LogP contribution in [0.25, 0.3) is 0 Å². The second kappa shape index (κ2) is 16.2. The normalized spacial score (nSPS) is 38.3. The smallest absolute Gasteiger partial charge is 0.306 e. The van der Waals surface area contributed by atoms with Crippen LogP contribution in [0.2, 0.25) is 0 Å². The van der Waals surface area contributed by atoms with Crippen molar-refractivity contribution in [3.8, 4) is 0 Å². The minimum Gasteiger partial charge on any atom is -0.462 e. The third-order valence-corrected chi connectivity index (χ3v) is 15.9. The summed E-state index contributed by atoms with van der Waals surface area (Å²) >= 11 is 0. The lowest BCUT2D eigenvalue weighted by Crippen LogP contribution is -2.67. The first-order valence-electron chi connectivity index (χ1n) is 21.2. The zero-order valence-corrected chi connectivity index (χ0v) is 33.7. The van der Waals surface area contributed by atoms with E-state index in [1.165, 1.54) is 57.8 Å². The number of ether oxygens (including phenoxy) is 1.